The maximum atomic E-state index is 5.40. The van der Waals surface area contributed by atoms with Crippen LogP contribution in [0.5, 0.6) is 0 Å². The van der Waals surface area contributed by atoms with E-state index in [0.717, 1.165) is 22.6 Å². The molecule has 1 saturated heterocycles. The molecule has 2 fully saturated rings. The van der Waals surface area contributed by atoms with Crippen molar-refractivity contribution in [2.24, 2.45) is 0 Å². The van der Waals surface area contributed by atoms with Crippen LogP contribution >= 0.6 is 15.9 Å². The molecule has 74 valence electrons. The van der Waals surface area contributed by atoms with Gasteiger partial charge in [-0.3, -0.25) is 0 Å². The fourth-order valence-corrected chi connectivity index (χ4v) is 2.15. The van der Waals surface area contributed by atoms with Crippen LogP contribution in [0.3, 0.4) is 0 Å². The van der Waals surface area contributed by atoms with Gasteiger partial charge in [0.2, 0.25) is 0 Å². The summed E-state index contributed by atoms with van der Waals surface area (Å²) in [5.41, 5.74) is 0.847. The molecule has 0 aromatic carbocycles. The quantitative estimate of drug-likeness (QED) is 0.761. The Hall–Kier alpha value is -0.480. The Balaban J connectivity index is 2.03. The zero-order valence-electron chi connectivity index (χ0n) is 7.96. The van der Waals surface area contributed by atoms with Crippen molar-refractivity contribution in [1.82, 2.24) is 9.97 Å². The molecule has 1 aromatic heterocycles. The zero-order valence-corrected chi connectivity index (χ0v) is 9.54. The highest BCUT2D eigenvalue weighted by atomic mass is 79.9. The molecule has 1 unspecified atom stereocenters. The molecule has 0 radical (unpaired) electrons. The van der Waals surface area contributed by atoms with E-state index < -0.39 is 0 Å². The fraction of sp³-hybridized carbons (Fsp3) is 0.600. The van der Waals surface area contributed by atoms with Gasteiger partial charge in [-0.05, 0) is 35.7 Å². The minimum atomic E-state index is -0.161. The molecule has 1 saturated carbocycles. The van der Waals surface area contributed by atoms with Crippen molar-refractivity contribution >= 4 is 15.9 Å². The lowest BCUT2D eigenvalue weighted by Gasteiger charge is -2.08. The van der Waals surface area contributed by atoms with Crippen LogP contribution in [0.1, 0.15) is 37.2 Å². The molecule has 4 heteroatoms. The summed E-state index contributed by atoms with van der Waals surface area (Å²) in [6, 6.07) is 0. The third kappa shape index (κ3) is 1.37. The van der Waals surface area contributed by atoms with Crippen LogP contribution in [0.25, 0.3) is 0 Å². The fourth-order valence-electron chi connectivity index (χ4n) is 1.53. The minimum absolute atomic E-state index is 0.161. The molecule has 14 heavy (non-hydrogen) atoms. The average Bonchev–Trinajstić information content (AvgIpc) is 3.00. The van der Waals surface area contributed by atoms with E-state index in [4.69, 9.17) is 4.74 Å². The molecule has 1 aromatic rings. The largest absolute Gasteiger partial charge is 0.363 e. The summed E-state index contributed by atoms with van der Waals surface area (Å²) in [6.07, 6.45) is 4.32. The van der Waals surface area contributed by atoms with Gasteiger partial charge >= 0.3 is 0 Å². The van der Waals surface area contributed by atoms with Gasteiger partial charge in [-0.2, -0.15) is 0 Å². The van der Waals surface area contributed by atoms with E-state index >= 15 is 0 Å². The minimum Gasteiger partial charge on any atom is -0.363 e. The van der Waals surface area contributed by atoms with E-state index in [1.54, 1.807) is 0 Å². The predicted octanol–water partition coefficient (Wildman–Crippen LogP) is 2.36. The molecule has 0 bridgehead atoms. The highest BCUT2D eigenvalue weighted by molar-refractivity contribution is 9.10. The summed E-state index contributed by atoms with van der Waals surface area (Å²) in [5.74, 6) is 1.59. The Morgan fingerprint density at radius 2 is 2.29 bits per heavy atom. The SMILES string of the molecule is CC1(c2nc(C3CC3)ncc2Br)CO1. The third-order valence-electron chi connectivity index (χ3n) is 2.78. The maximum Gasteiger partial charge on any atom is 0.132 e. The van der Waals surface area contributed by atoms with Crippen LogP contribution in [0.2, 0.25) is 0 Å². The van der Waals surface area contributed by atoms with E-state index in [-0.39, 0.29) is 5.60 Å². The molecule has 0 N–H and O–H groups in total. The number of epoxide rings is 1. The molecule has 0 spiro atoms. The molecule has 1 aliphatic heterocycles. The van der Waals surface area contributed by atoms with Gasteiger partial charge in [0.15, 0.2) is 0 Å². The summed E-state index contributed by atoms with van der Waals surface area (Å²) in [5, 5.41) is 0. The number of rotatable bonds is 2. The lowest BCUT2D eigenvalue weighted by molar-refractivity contribution is 0.322. The molecular formula is C10H11BrN2O. The number of ether oxygens (including phenoxy) is 1. The maximum absolute atomic E-state index is 5.40. The van der Waals surface area contributed by atoms with Crippen molar-refractivity contribution in [2.75, 3.05) is 6.61 Å². The van der Waals surface area contributed by atoms with E-state index in [0.29, 0.717) is 5.92 Å². The van der Waals surface area contributed by atoms with Gasteiger partial charge in [-0.25, -0.2) is 9.97 Å². The van der Waals surface area contributed by atoms with Crippen molar-refractivity contribution in [3.8, 4) is 0 Å². The van der Waals surface area contributed by atoms with Crippen LogP contribution in [-0.4, -0.2) is 16.6 Å². The molecule has 0 amide bonds. The Kier molecular flexibility index (Phi) is 1.74. The monoisotopic (exact) mass is 254 g/mol. The summed E-state index contributed by atoms with van der Waals surface area (Å²) in [6.45, 7) is 2.84. The number of hydrogen-bond acceptors (Lipinski definition) is 3. The lowest BCUT2D eigenvalue weighted by atomic mass is 10.1. The van der Waals surface area contributed by atoms with E-state index in [1.807, 2.05) is 6.20 Å². The topological polar surface area (TPSA) is 38.3 Å². The molecule has 2 heterocycles. The average molecular weight is 255 g/mol. The second-order valence-electron chi connectivity index (χ2n) is 4.22. The van der Waals surface area contributed by atoms with Gasteiger partial charge in [0.1, 0.15) is 11.4 Å². The lowest BCUT2D eigenvalue weighted by Crippen LogP contribution is -2.09. The second-order valence-corrected chi connectivity index (χ2v) is 5.07. The Morgan fingerprint density at radius 3 is 2.86 bits per heavy atom. The van der Waals surface area contributed by atoms with E-state index in [9.17, 15) is 0 Å². The van der Waals surface area contributed by atoms with Gasteiger partial charge in [-0.15, -0.1) is 0 Å². The molecule has 1 atom stereocenters. The predicted molar refractivity (Wildman–Crippen MR) is 55.0 cm³/mol. The smallest absolute Gasteiger partial charge is 0.132 e. The van der Waals surface area contributed by atoms with Crippen LogP contribution in [0.15, 0.2) is 10.7 Å². The highest BCUT2D eigenvalue weighted by Gasteiger charge is 2.45. The van der Waals surface area contributed by atoms with Crippen molar-refractivity contribution < 1.29 is 4.74 Å². The summed E-state index contributed by atoms with van der Waals surface area (Å²) < 4.78 is 6.36. The number of nitrogens with zero attached hydrogens (tertiary/aromatic N) is 2. The summed E-state index contributed by atoms with van der Waals surface area (Å²) >= 11 is 3.47. The van der Waals surface area contributed by atoms with Crippen LogP contribution < -0.4 is 0 Å². The first-order valence-electron chi connectivity index (χ1n) is 4.86. The third-order valence-corrected chi connectivity index (χ3v) is 3.36. The first-order valence-corrected chi connectivity index (χ1v) is 5.65. The summed E-state index contributed by atoms with van der Waals surface area (Å²) in [7, 11) is 0. The molecule has 3 rings (SSSR count). The molecule has 1 aliphatic carbocycles. The van der Waals surface area contributed by atoms with Gasteiger partial charge in [-0.1, -0.05) is 0 Å². The van der Waals surface area contributed by atoms with E-state index in [1.165, 1.54) is 12.8 Å². The van der Waals surface area contributed by atoms with Gasteiger partial charge < -0.3 is 4.74 Å². The van der Waals surface area contributed by atoms with Crippen molar-refractivity contribution in [1.29, 1.82) is 0 Å². The number of hydrogen-bond donors (Lipinski definition) is 0. The Labute approximate surface area is 91.0 Å². The Bertz CT molecular complexity index is 386. The Morgan fingerprint density at radius 1 is 1.57 bits per heavy atom. The van der Waals surface area contributed by atoms with Crippen molar-refractivity contribution in [3.05, 3.63) is 22.2 Å². The standard InChI is InChI=1S/C10H11BrN2O/c1-10(5-14-10)8-7(11)4-12-9(13-8)6-2-3-6/h4,6H,2-3,5H2,1H3. The second kappa shape index (κ2) is 2.76. The van der Waals surface area contributed by atoms with Crippen LogP contribution in [-0.2, 0) is 10.3 Å². The zero-order chi connectivity index (χ0) is 9.76. The highest BCUT2D eigenvalue weighted by Crippen LogP contribution is 2.43. The molecular weight excluding hydrogens is 244 g/mol. The van der Waals surface area contributed by atoms with Gasteiger partial charge in [0.25, 0.3) is 0 Å². The molecule has 2 aliphatic rings. The van der Waals surface area contributed by atoms with Crippen LogP contribution in [0.4, 0.5) is 0 Å². The van der Waals surface area contributed by atoms with Gasteiger partial charge in [0, 0.05) is 12.1 Å². The van der Waals surface area contributed by atoms with Gasteiger partial charge in [0.05, 0.1) is 16.8 Å². The van der Waals surface area contributed by atoms with Crippen molar-refractivity contribution in [2.45, 2.75) is 31.3 Å². The normalized spacial score (nSPS) is 30.4. The number of aromatic nitrogens is 2. The van der Waals surface area contributed by atoms with Crippen LogP contribution in [0, 0.1) is 0 Å². The van der Waals surface area contributed by atoms with Crippen molar-refractivity contribution in [3.63, 3.8) is 0 Å². The number of halogens is 1. The van der Waals surface area contributed by atoms with E-state index in [2.05, 4.69) is 32.8 Å². The first-order chi connectivity index (χ1) is 6.69. The summed E-state index contributed by atoms with van der Waals surface area (Å²) in [4.78, 5) is 8.91. The first kappa shape index (κ1) is 8.80. The molecule has 3 nitrogen and oxygen atoms in total.